The number of hydrogen-bond donors (Lipinski definition) is 0. The lowest BCUT2D eigenvalue weighted by atomic mass is 9.76. The van der Waals surface area contributed by atoms with E-state index in [0.717, 1.165) is 30.5 Å². The lowest BCUT2D eigenvalue weighted by molar-refractivity contribution is -0.385. The summed E-state index contributed by atoms with van der Waals surface area (Å²) in [7, 11) is 0. The monoisotopic (exact) mass is 595 g/mol. The standard InChI is InChI=1S/C33H45N3O7/c1-4-5-12-35-30-9-7-6-8-29(30)32(2,3)33(35)11-10-26-23-28(36(37)38)24-27(31(26)43-33)25-34-13-15-39-17-19-41-21-22-42-20-18-40-16-14-34/h6-11,23-24H,4-5,12-22,25H2,1-3H3. The minimum absolute atomic E-state index is 0.0508. The van der Waals surface area contributed by atoms with Crippen LogP contribution in [0.1, 0.15) is 50.3 Å². The highest BCUT2D eigenvalue weighted by molar-refractivity contribution is 5.74. The summed E-state index contributed by atoms with van der Waals surface area (Å²) in [6.45, 7) is 13.3. The van der Waals surface area contributed by atoms with Gasteiger partial charge in [-0.2, -0.15) is 0 Å². The van der Waals surface area contributed by atoms with E-state index in [4.69, 9.17) is 23.7 Å². The second-order valence-electron chi connectivity index (χ2n) is 11.8. The minimum atomic E-state index is -0.771. The highest BCUT2D eigenvalue weighted by Crippen LogP contribution is 2.55. The fourth-order valence-electron chi connectivity index (χ4n) is 6.25. The zero-order chi connectivity index (χ0) is 30.3. The molecule has 1 unspecified atom stereocenters. The largest absolute Gasteiger partial charge is 0.462 e. The molecule has 43 heavy (non-hydrogen) atoms. The van der Waals surface area contributed by atoms with E-state index >= 15 is 0 Å². The molecule has 0 N–H and O–H groups in total. The van der Waals surface area contributed by atoms with Gasteiger partial charge in [-0.15, -0.1) is 0 Å². The molecule has 1 atom stereocenters. The Kier molecular flexibility index (Phi) is 10.4. The molecule has 0 saturated carbocycles. The Hall–Kier alpha value is -3.02. The summed E-state index contributed by atoms with van der Waals surface area (Å²) in [5.74, 6) is 0.690. The lowest BCUT2D eigenvalue weighted by Crippen LogP contribution is -2.59. The smallest absolute Gasteiger partial charge is 0.270 e. The molecule has 10 nitrogen and oxygen atoms in total. The van der Waals surface area contributed by atoms with Gasteiger partial charge in [0.1, 0.15) is 5.75 Å². The third-order valence-corrected chi connectivity index (χ3v) is 8.65. The van der Waals surface area contributed by atoms with Crippen molar-refractivity contribution in [1.29, 1.82) is 0 Å². The van der Waals surface area contributed by atoms with E-state index in [1.807, 2.05) is 6.08 Å². The molecule has 1 saturated heterocycles. The van der Waals surface area contributed by atoms with Crippen molar-refractivity contribution in [1.82, 2.24) is 4.90 Å². The molecule has 3 heterocycles. The SMILES string of the molecule is CCCCN1c2ccccc2C(C)(C)C12C=Cc1cc([N+](=O)[O-])cc(CN3CCOCCOCCOCCOCC3)c1O2. The zero-order valence-corrected chi connectivity index (χ0v) is 25.7. The summed E-state index contributed by atoms with van der Waals surface area (Å²) in [5, 5.41) is 12.0. The van der Waals surface area contributed by atoms with E-state index in [1.54, 1.807) is 12.1 Å². The number of fused-ring (bicyclic) bond motifs is 2. The molecular formula is C33H45N3O7. The van der Waals surface area contributed by atoms with Crippen molar-refractivity contribution in [3.63, 3.8) is 0 Å². The van der Waals surface area contributed by atoms with Crippen molar-refractivity contribution in [2.24, 2.45) is 0 Å². The van der Waals surface area contributed by atoms with Crippen LogP contribution in [-0.4, -0.2) is 88.0 Å². The van der Waals surface area contributed by atoms with E-state index in [0.29, 0.717) is 78.2 Å². The molecule has 2 aromatic carbocycles. The maximum atomic E-state index is 12.0. The summed E-state index contributed by atoms with van der Waals surface area (Å²) in [6, 6.07) is 11.8. The fourth-order valence-corrected chi connectivity index (χ4v) is 6.25. The molecule has 3 aliphatic heterocycles. The molecule has 234 valence electrons. The molecule has 0 aliphatic carbocycles. The molecule has 0 aromatic heterocycles. The van der Waals surface area contributed by atoms with Crippen LogP contribution >= 0.6 is 0 Å². The second-order valence-corrected chi connectivity index (χ2v) is 11.8. The normalized spacial score (nSPS) is 23.2. The Morgan fingerprint density at radius 2 is 1.53 bits per heavy atom. The van der Waals surface area contributed by atoms with Crippen LogP contribution < -0.4 is 9.64 Å². The van der Waals surface area contributed by atoms with Gasteiger partial charge in [-0.05, 0) is 44.1 Å². The van der Waals surface area contributed by atoms with Gasteiger partial charge in [-0.25, -0.2) is 0 Å². The predicted octanol–water partition coefficient (Wildman–Crippen LogP) is 5.18. The molecular weight excluding hydrogens is 550 g/mol. The van der Waals surface area contributed by atoms with Gasteiger partial charge < -0.3 is 28.6 Å². The predicted molar refractivity (Wildman–Crippen MR) is 166 cm³/mol. The first-order chi connectivity index (χ1) is 20.9. The summed E-state index contributed by atoms with van der Waals surface area (Å²) in [4.78, 5) is 16.3. The quantitative estimate of drug-likeness (QED) is 0.331. The number of rotatable bonds is 6. The van der Waals surface area contributed by atoms with Crippen LogP contribution in [0.15, 0.2) is 42.5 Å². The number of nitro benzene ring substituents is 1. The molecule has 0 amide bonds. The molecule has 3 aliphatic rings. The van der Waals surface area contributed by atoms with Crippen molar-refractivity contribution in [3.8, 4) is 5.75 Å². The fraction of sp³-hybridized carbons (Fsp3) is 0.576. The minimum Gasteiger partial charge on any atom is -0.462 e. The van der Waals surface area contributed by atoms with Crippen LogP contribution in [0.2, 0.25) is 0 Å². The maximum Gasteiger partial charge on any atom is 0.270 e. The molecule has 0 radical (unpaired) electrons. The maximum absolute atomic E-state index is 12.0. The number of benzene rings is 2. The van der Waals surface area contributed by atoms with E-state index in [1.165, 1.54) is 11.3 Å². The topological polar surface area (TPSA) is 95.8 Å². The van der Waals surface area contributed by atoms with Crippen molar-refractivity contribution in [2.45, 2.75) is 51.3 Å². The number of nitro groups is 1. The van der Waals surface area contributed by atoms with Crippen LogP contribution in [-0.2, 0) is 30.9 Å². The highest BCUT2D eigenvalue weighted by atomic mass is 16.6. The van der Waals surface area contributed by atoms with E-state index < -0.39 is 5.72 Å². The summed E-state index contributed by atoms with van der Waals surface area (Å²) in [6.07, 6.45) is 6.20. The third-order valence-electron chi connectivity index (χ3n) is 8.65. The van der Waals surface area contributed by atoms with Gasteiger partial charge in [-0.1, -0.05) is 31.5 Å². The van der Waals surface area contributed by atoms with Gasteiger partial charge in [0, 0.05) is 55.1 Å². The average Bonchev–Trinajstić information content (AvgIpc) is 3.17. The second kappa shape index (κ2) is 14.2. The summed E-state index contributed by atoms with van der Waals surface area (Å²) < 4.78 is 30.0. The van der Waals surface area contributed by atoms with Crippen LogP contribution in [0, 0.1) is 10.1 Å². The molecule has 5 rings (SSSR count). The van der Waals surface area contributed by atoms with Crippen molar-refractivity contribution >= 4 is 17.5 Å². The van der Waals surface area contributed by atoms with Crippen LogP contribution in [0.25, 0.3) is 6.08 Å². The first kappa shape index (κ1) is 31.4. The van der Waals surface area contributed by atoms with E-state index in [-0.39, 0.29) is 16.0 Å². The van der Waals surface area contributed by atoms with Gasteiger partial charge in [0.05, 0.1) is 63.2 Å². The number of non-ortho nitro benzene ring substituents is 1. The number of anilines is 1. The van der Waals surface area contributed by atoms with Gasteiger partial charge in [0.2, 0.25) is 5.72 Å². The van der Waals surface area contributed by atoms with Crippen molar-refractivity contribution < 1.29 is 28.6 Å². The van der Waals surface area contributed by atoms with E-state index in [2.05, 4.69) is 60.9 Å². The van der Waals surface area contributed by atoms with Crippen molar-refractivity contribution in [2.75, 3.05) is 77.4 Å². The Morgan fingerprint density at radius 1 is 0.907 bits per heavy atom. The summed E-state index contributed by atoms with van der Waals surface area (Å²) >= 11 is 0. The molecule has 0 bridgehead atoms. The van der Waals surface area contributed by atoms with Crippen LogP contribution in [0.4, 0.5) is 11.4 Å². The molecule has 2 aromatic rings. The Balaban J connectivity index is 1.47. The number of para-hydroxylation sites is 1. The van der Waals surface area contributed by atoms with Gasteiger partial charge in [0.25, 0.3) is 5.69 Å². The summed E-state index contributed by atoms with van der Waals surface area (Å²) in [5.41, 5.74) is 2.81. The van der Waals surface area contributed by atoms with Crippen LogP contribution in [0.3, 0.4) is 0 Å². The number of ether oxygens (including phenoxy) is 5. The molecule has 1 spiro atoms. The van der Waals surface area contributed by atoms with Crippen molar-refractivity contribution in [3.05, 3.63) is 69.3 Å². The highest BCUT2D eigenvalue weighted by Gasteiger charge is 2.58. The third kappa shape index (κ3) is 6.73. The van der Waals surface area contributed by atoms with Gasteiger partial charge >= 0.3 is 0 Å². The number of nitrogens with zero attached hydrogens (tertiary/aromatic N) is 3. The van der Waals surface area contributed by atoms with E-state index in [9.17, 15) is 10.1 Å². The lowest BCUT2D eigenvalue weighted by Gasteiger charge is -2.47. The average molecular weight is 596 g/mol. The molecule has 1 fully saturated rings. The first-order valence-electron chi connectivity index (χ1n) is 15.5. The van der Waals surface area contributed by atoms with Gasteiger partial charge in [0.15, 0.2) is 0 Å². The zero-order valence-electron chi connectivity index (χ0n) is 25.7. The molecule has 10 heteroatoms. The Labute approximate surface area is 254 Å². The van der Waals surface area contributed by atoms with Crippen LogP contribution in [0.5, 0.6) is 5.75 Å². The number of unbranched alkanes of at least 4 members (excludes halogenated alkanes) is 1. The first-order valence-corrected chi connectivity index (χ1v) is 15.5. The van der Waals surface area contributed by atoms with Gasteiger partial charge in [-0.3, -0.25) is 15.0 Å². The Morgan fingerprint density at radius 3 is 2.16 bits per heavy atom. The Bertz CT molecular complexity index is 1270. The number of hydrogen-bond acceptors (Lipinski definition) is 9.